The molecule has 3 aromatic rings. The summed E-state index contributed by atoms with van der Waals surface area (Å²) in [5.41, 5.74) is 6.48. The lowest BCUT2D eigenvalue weighted by Gasteiger charge is -2.13. The van der Waals surface area contributed by atoms with E-state index < -0.39 is 6.10 Å². The van der Waals surface area contributed by atoms with Gasteiger partial charge in [-0.3, -0.25) is 4.40 Å². The van der Waals surface area contributed by atoms with Crippen LogP contribution in [-0.2, 0) is 6.42 Å². The van der Waals surface area contributed by atoms with Crippen LogP contribution in [0.25, 0.3) is 5.65 Å². The number of benzene rings is 1. The van der Waals surface area contributed by atoms with Gasteiger partial charge in [0.2, 0.25) is 0 Å². The van der Waals surface area contributed by atoms with E-state index in [1.807, 2.05) is 19.1 Å². The number of rotatable bonds is 5. The molecule has 0 saturated heterocycles. The van der Waals surface area contributed by atoms with Crippen LogP contribution in [0.15, 0.2) is 42.5 Å². The fourth-order valence-corrected chi connectivity index (χ4v) is 3.21. The Kier molecular flexibility index (Phi) is 4.72. The number of aryl methyl sites for hydroxylation is 1. The molecule has 3 heteroatoms. The summed E-state index contributed by atoms with van der Waals surface area (Å²) in [6.07, 6.45) is 0.930. The van der Waals surface area contributed by atoms with Gasteiger partial charge in [-0.25, -0.2) is 4.98 Å². The first kappa shape index (κ1) is 16.7. The molecule has 1 unspecified atom stereocenters. The lowest BCUT2D eigenvalue weighted by atomic mass is 9.99. The van der Waals surface area contributed by atoms with Gasteiger partial charge in [0.15, 0.2) is 0 Å². The summed E-state index contributed by atoms with van der Waals surface area (Å²) in [5, 5.41) is 10.6. The van der Waals surface area contributed by atoms with Crippen LogP contribution in [0, 0.1) is 6.92 Å². The summed E-state index contributed by atoms with van der Waals surface area (Å²) in [7, 11) is 0. The van der Waals surface area contributed by atoms with E-state index in [-0.39, 0.29) is 0 Å². The summed E-state index contributed by atoms with van der Waals surface area (Å²) < 4.78 is 2.09. The highest BCUT2D eigenvalue weighted by Crippen LogP contribution is 2.26. The lowest BCUT2D eigenvalue weighted by Crippen LogP contribution is -2.06. The van der Waals surface area contributed by atoms with Gasteiger partial charge in [0.1, 0.15) is 5.65 Å². The first-order chi connectivity index (χ1) is 11.5. The highest BCUT2D eigenvalue weighted by molar-refractivity contribution is 5.47. The smallest absolute Gasteiger partial charge is 0.137 e. The van der Waals surface area contributed by atoms with E-state index in [0.717, 1.165) is 29.1 Å². The van der Waals surface area contributed by atoms with Gasteiger partial charge in [-0.2, -0.15) is 0 Å². The Morgan fingerprint density at radius 1 is 1.08 bits per heavy atom. The van der Waals surface area contributed by atoms with Gasteiger partial charge in [0.05, 0.1) is 17.5 Å². The number of nitrogens with zero attached hydrogens (tertiary/aromatic N) is 2. The van der Waals surface area contributed by atoms with Crippen molar-refractivity contribution in [3.8, 4) is 0 Å². The van der Waals surface area contributed by atoms with Crippen molar-refractivity contribution in [1.29, 1.82) is 0 Å². The molecule has 0 aliphatic carbocycles. The Morgan fingerprint density at radius 2 is 1.79 bits per heavy atom. The molecule has 0 aliphatic rings. The Balaban J connectivity index is 2.04. The van der Waals surface area contributed by atoms with Crippen LogP contribution in [-0.4, -0.2) is 14.5 Å². The predicted octanol–water partition coefficient (Wildman–Crippen LogP) is 4.80. The van der Waals surface area contributed by atoms with Crippen molar-refractivity contribution < 1.29 is 5.11 Å². The van der Waals surface area contributed by atoms with Crippen LogP contribution >= 0.6 is 0 Å². The van der Waals surface area contributed by atoms with Crippen LogP contribution in [0.1, 0.15) is 67.4 Å². The quantitative estimate of drug-likeness (QED) is 0.732. The van der Waals surface area contributed by atoms with Crippen molar-refractivity contribution >= 4 is 5.65 Å². The van der Waals surface area contributed by atoms with E-state index in [0.29, 0.717) is 12.3 Å². The second kappa shape index (κ2) is 6.78. The highest BCUT2D eigenvalue weighted by Gasteiger charge is 2.19. The van der Waals surface area contributed by atoms with Crippen molar-refractivity contribution in [1.82, 2.24) is 9.38 Å². The Hall–Kier alpha value is -2.13. The summed E-state index contributed by atoms with van der Waals surface area (Å²) in [6, 6.07) is 14.8. The fourth-order valence-electron chi connectivity index (χ4n) is 3.21. The zero-order chi connectivity index (χ0) is 17.3. The molecule has 0 fully saturated rings. The lowest BCUT2D eigenvalue weighted by molar-refractivity contribution is 0.166. The SMILES string of the molecule is CCC(O)c1c(Cc2ccc(C(C)C)cc2)nc2cccc(C)n12. The number of hydrogen-bond acceptors (Lipinski definition) is 2. The van der Waals surface area contributed by atoms with Crippen molar-refractivity contribution in [2.45, 2.75) is 52.6 Å². The molecule has 2 aromatic heterocycles. The second-order valence-electron chi connectivity index (χ2n) is 6.80. The first-order valence-electron chi connectivity index (χ1n) is 8.75. The standard InChI is InChI=1S/C21H26N2O/c1-5-19(24)21-18(22-20-8-6-7-15(4)23(20)21)13-16-9-11-17(12-10-16)14(2)3/h6-12,14,19,24H,5,13H2,1-4H3. The van der Waals surface area contributed by atoms with Crippen LogP contribution in [0.4, 0.5) is 0 Å². The third-order valence-electron chi connectivity index (χ3n) is 4.67. The fraction of sp³-hybridized carbons (Fsp3) is 0.381. The Labute approximate surface area is 144 Å². The maximum absolute atomic E-state index is 10.6. The van der Waals surface area contributed by atoms with Crippen molar-refractivity contribution in [2.75, 3.05) is 0 Å². The normalized spacial score (nSPS) is 12.9. The molecule has 0 amide bonds. The minimum absolute atomic E-state index is 0.494. The van der Waals surface area contributed by atoms with E-state index in [2.05, 4.69) is 55.5 Å². The van der Waals surface area contributed by atoms with Gasteiger partial charge in [-0.15, -0.1) is 0 Å². The summed E-state index contributed by atoms with van der Waals surface area (Å²) in [5.74, 6) is 0.536. The van der Waals surface area contributed by atoms with Crippen LogP contribution in [0.3, 0.4) is 0 Å². The molecule has 0 bridgehead atoms. The molecule has 2 heterocycles. The van der Waals surface area contributed by atoms with Crippen LogP contribution in [0.5, 0.6) is 0 Å². The zero-order valence-corrected chi connectivity index (χ0v) is 15.0. The maximum atomic E-state index is 10.6. The predicted molar refractivity (Wildman–Crippen MR) is 98.5 cm³/mol. The molecule has 1 atom stereocenters. The summed E-state index contributed by atoms with van der Waals surface area (Å²) in [6.45, 7) is 8.47. The first-order valence-corrected chi connectivity index (χ1v) is 8.75. The minimum Gasteiger partial charge on any atom is -0.387 e. The van der Waals surface area contributed by atoms with E-state index in [1.165, 1.54) is 11.1 Å². The van der Waals surface area contributed by atoms with Gasteiger partial charge < -0.3 is 5.11 Å². The number of hydrogen-bond donors (Lipinski definition) is 1. The van der Waals surface area contributed by atoms with Gasteiger partial charge in [-0.05, 0) is 42.5 Å². The molecule has 0 saturated carbocycles. The number of aliphatic hydroxyl groups is 1. The zero-order valence-electron chi connectivity index (χ0n) is 15.0. The average molecular weight is 322 g/mol. The van der Waals surface area contributed by atoms with Crippen LogP contribution < -0.4 is 0 Å². The topological polar surface area (TPSA) is 37.5 Å². The molecule has 1 N–H and O–H groups in total. The molecular formula is C21H26N2O. The molecule has 0 radical (unpaired) electrons. The molecule has 0 spiro atoms. The average Bonchev–Trinajstić information content (AvgIpc) is 2.94. The van der Waals surface area contributed by atoms with Gasteiger partial charge >= 0.3 is 0 Å². The molecule has 3 rings (SSSR count). The van der Waals surface area contributed by atoms with Gasteiger partial charge in [0, 0.05) is 12.1 Å². The van der Waals surface area contributed by atoms with Gasteiger partial charge in [-0.1, -0.05) is 51.1 Å². The molecule has 3 nitrogen and oxygen atoms in total. The van der Waals surface area contributed by atoms with E-state index in [4.69, 9.17) is 4.98 Å². The number of aliphatic hydroxyl groups excluding tert-OH is 1. The second-order valence-corrected chi connectivity index (χ2v) is 6.80. The number of aromatic nitrogens is 2. The summed E-state index contributed by atoms with van der Waals surface area (Å²) in [4.78, 5) is 4.80. The third-order valence-corrected chi connectivity index (χ3v) is 4.67. The molecule has 1 aromatic carbocycles. The molecular weight excluding hydrogens is 296 g/mol. The highest BCUT2D eigenvalue weighted by atomic mass is 16.3. The van der Waals surface area contributed by atoms with Crippen molar-refractivity contribution in [3.63, 3.8) is 0 Å². The van der Waals surface area contributed by atoms with Crippen molar-refractivity contribution in [3.05, 3.63) is 70.7 Å². The maximum Gasteiger partial charge on any atom is 0.137 e. The molecule has 126 valence electrons. The van der Waals surface area contributed by atoms with Gasteiger partial charge in [0.25, 0.3) is 0 Å². The number of imidazole rings is 1. The molecule has 0 aliphatic heterocycles. The van der Waals surface area contributed by atoms with E-state index >= 15 is 0 Å². The van der Waals surface area contributed by atoms with E-state index in [1.54, 1.807) is 0 Å². The largest absolute Gasteiger partial charge is 0.387 e. The summed E-state index contributed by atoms with van der Waals surface area (Å²) >= 11 is 0. The molecule has 24 heavy (non-hydrogen) atoms. The monoisotopic (exact) mass is 322 g/mol. The Morgan fingerprint density at radius 3 is 2.42 bits per heavy atom. The minimum atomic E-state index is -0.494. The van der Waals surface area contributed by atoms with E-state index in [9.17, 15) is 5.11 Å². The number of pyridine rings is 1. The Bertz CT molecular complexity index is 831. The van der Waals surface area contributed by atoms with Crippen LogP contribution in [0.2, 0.25) is 0 Å². The third kappa shape index (κ3) is 3.09. The van der Waals surface area contributed by atoms with Crippen molar-refractivity contribution in [2.24, 2.45) is 0 Å². The number of fused-ring (bicyclic) bond motifs is 1.